The summed E-state index contributed by atoms with van der Waals surface area (Å²) in [6, 6.07) is 3.59. The second kappa shape index (κ2) is 5.84. The number of aliphatic carboxylic acids is 1. The van der Waals surface area contributed by atoms with E-state index in [1.165, 1.54) is 11.3 Å². The van der Waals surface area contributed by atoms with Crippen molar-refractivity contribution in [2.45, 2.75) is 19.3 Å². The summed E-state index contributed by atoms with van der Waals surface area (Å²) in [5.74, 6) is -1.11. The van der Waals surface area contributed by atoms with Crippen molar-refractivity contribution in [3.05, 3.63) is 20.8 Å². The van der Waals surface area contributed by atoms with Gasteiger partial charge in [0.25, 0.3) is 5.91 Å². The standard InChI is InChI=1S/C12H14BrNO3S/c13-10-5-4-9(18-10)11(15)14-6-7-2-1-3-8(7)12(16)17/h4-5,7-8H,1-3,6H2,(H,14,15)(H,16,17). The molecule has 2 unspecified atom stereocenters. The maximum Gasteiger partial charge on any atom is 0.306 e. The van der Waals surface area contributed by atoms with E-state index >= 15 is 0 Å². The van der Waals surface area contributed by atoms with Crippen molar-refractivity contribution in [2.75, 3.05) is 6.54 Å². The Hall–Kier alpha value is -0.880. The number of amides is 1. The number of rotatable bonds is 4. The van der Waals surface area contributed by atoms with Gasteiger partial charge in [0.15, 0.2) is 0 Å². The zero-order chi connectivity index (χ0) is 13.1. The predicted octanol–water partition coefficient (Wildman–Crippen LogP) is 2.74. The molecule has 0 bridgehead atoms. The Morgan fingerprint density at radius 2 is 2.22 bits per heavy atom. The maximum atomic E-state index is 11.8. The quantitative estimate of drug-likeness (QED) is 0.891. The van der Waals surface area contributed by atoms with E-state index in [0.717, 1.165) is 23.0 Å². The highest BCUT2D eigenvalue weighted by atomic mass is 79.9. The first-order valence-corrected chi connectivity index (χ1v) is 7.45. The van der Waals surface area contributed by atoms with Gasteiger partial charge in [-0.1, -0.05) is 6.42 Å². The summed E-state index contributed by atoms with van der Waals surface area (Å²) in [4.78, 5) is 23.5. The van der Waals surface area contributed by atoms with Gasteiger partial charge in [-0.05, 0) is 46.8 Å². The molecule has 1 aliphatic rings. The van der Waals surface area contributed by atoms with Crippen molar-refractivity contribution >= 4 is 39.1 Å². The van der Waals surface area contributed by atoms with Crippen LogP contribution in [0.4, 0.5) is 0 Å². The minimum atomic E-state index is -0.745. The van der Waals surface area contributed by atoms with Gasteiger partial charge in [0.05, 0.1) is 14.6 Å². The summed E-state index contributed by atoms with van der Waals surface area (Å²) in [6.07, 6.45) is 2.54. The molecule has 4 nitrogen and oxygen atoms in total. The molecule has 2 atom stereocenters. The van der Waals surface area contributed by atoms with Gasteiger partial charge in [-0.3, -0.25) is 9.59 Å². The molecule has 0 spiro atoms. The Morgan fingerprint density at radius 1 is 1.44 bits per heavy atom. The first-order chi connectivity index (χ1) is 8.58. The van der Waals surface area contributed by atoms with Crippen molar-refractivity contribution in [3.63, 3.8) is 0 Å². The Labute approximate surface area is 118 Å². The van der Waals surface area contributed by atoms with Gasteiger partial charge < -0.3 is 10.4 Å². The number of carboxylic acid groups (broad SMARTS) is 1. The number of carbonyl (C=O) groups is 2. The van der Waals surface area contributed by atoms with E-state index in [9.17, 15) is 9.59 Å². The van der Waals surface area contributed by atoms with Crippen LogP contribution in [0, 0.1) is 11.8 Å². The van der Waals surface area contributed by atoms with E-state index < -0.39 is 5.97 Å². The summed E-state index contributed by atoms with van der Waals surface area (Å²) in [5.41, 5.74) is 0. The number of hydrogen-bond donors (Lipinski definition) is 2. The summed E-state index contributed by atoms with van der Waals surface area (Å²) in [7, 11) is 0. The monoisotopic (exact) mass is 331 g/mol. The highest BCUT2D eigenvalue weighted by Crippen LogP contribution is 2.31. The largest absolute Gasteiger partial charge is 0.481 e. The second-order valence-corrected chi connectivity index (χ2v) is 6.91. The van der Waals surface area contributed by atoms with Gasteiger partial charge in [0, 0.05) is 6.54 Å². The van der Waals surface area contributed by atoms with E-state index in [4.69, 9.17) is 5.11 Å². The average molecular weight is 332 g/mol. The summed E-state index contributed by atoms with van der Waals surface area (Å²) in [6.45, 7) is 0.450. The lowest BCUT2D eigenvalue weighted by Gasteiger charge is -2.15. The number of nitrogens with one attached hydrogen (secondary N) is 1. The van der Waals surface area contributed by atoms with Crippen LogP contribution < -0.4 is 5.32 Å². The summed E-state index contributed by atoms with van der Waals surface area (Å²) >= 11 is 4.68. The minimum Gasteiger partial charge on any atom is -0.481 e. The Balaban J connectivity index is 1.88. The van der Waals surface area contributed by atoms with Crippen LogP contribution in [0.15, 0.2) is 15.9 Å². The highest BCUT2D eigenvalue weighted by molar-refractivity contribution is 9.11. The van der Waals surface area contributed by atoms with Crippen LogP contribution in [0.1, 0.15) is 28.9 Å². The van der Waals surface area contributed by atoms with Crippen molar-refractivity contribution in [3.8, 4) is 0 Å². The predicted molar refractivity (Wildman–Crippen MR) is 72.8 cm³/mol. The molecule has 1 aliphatic carbocycles. The molecule has 6 heteroatoms. The molecule has 1 heterocycles. The van der Waals surface area contributed by atoms with Gasteiger partial charge in [-0.2, -0.15) is 0 Å². The SMILES string of the molecule is O=C(NCC1CCCC1C(=O)O)c1ccc(Br)s1. The number of halogens is 1. The van der Waals surface area contributed by atoms with Crippen molar-refractivity contribution < 1.29 is 14.7 Å². The van der Waals surface area contributed by atoms with Crippen LogP contribution in [0.25, 0.3) is 0 Å². The van der Waals surface area contributed by atoms with Gasteiger partial charge in [0.2, 0.25) is 0 Å². The fraction of sp³-hybridized carbons (Fsp3) is 0.500. The molecule has 0 saturated heterocycles. The second-order valence-electron chi connectivity index (χ2n) is 4.45. The topological polar surface area (TPSA) is 66.4 Å². The molecular formula is C12H14BrNO3S. The summed E-state index contributed by atoms with van der Waals surface area (Å²) in [5, 5.41) is 11.9. The normalized spacial score (nSPS) is 22.9. The molecule has 0 aromatic carbocycles. The molecule has 2 rings (SSSR count). The third-order valence-corrected chi connectivity index (χ3v) is 4.92. The van der Waals surface area contributed by atoms with E-state index in [1.807, 2.05) is 6.07 Å². The lowest BCUT2D eigenvalue weighted by atomic mass is 9.96. The lowest BCUT2D eigenvalue weighted by molar-refractivity contribution is -0.142. The van der Waals surface area contributed by atoms with Crippen LogP contribution in [0.2, 0.25) is 0 Å². The van der Waals surface area contributed by atoms with Crippen LogP contribution in [-0.4, -0.2) is 23.5 Å². The molecule has 0 aliphatic heterocycles. The Morgan fingerprint density at radius 3 is 2.83 bits per heavy atom. The molecule has 0 radical (unpaired) electrons. The summed E-state index contributed by atoms with van der Waals surface area (Å²) < 4.78 is 0.914. The number of thiophene rings is 1. The average Bonchev–Trinajstić information content (AvgIpc) is 2.94. The minimum absolute atomic E-state index is 0.0647. The molecule has 1 amide bonds. The first-order valence-electron chi connectivity index (χ1n) is 5.84. The first kappa shape index (κ1) is 13.5. The fourth-order valence-electron chi connectivity index (χ4n) is 2.35. The number of carbonyl (C=O) groups excluding carboxylic acids is 1. The Kier molecular flexibility index (Phi) is 4.40. The van der Waals surface area contributed by atoms with Crippen LogP contribution in [0.5, 0.6) is 0 Å². The number of carboxylic acids is 1. The fourth-order valence-corrected chi connectivity index (χ4v) is 3.66. The van der Waals surface area contributed by atoms with Gasteiger partial charge in [-0.15, -0.1) is 11.3 Å². The Bertz CT molecular complexity index is 460. The van der Waals surface area contributed by atoms with Crippen LogP contribution >= 0.6 is 27.3 Å². The molecule has 98 valence electrons. The van der Waals surface area contributed by atoms with Crippen molar-refractivity contribution in [2.24, 2.45) is 11.8 Å². The van der Waals surface area contributed by atoms with Crippen molar-refractivity contribution in [1.82, 2.24) is 5.32 Å². The molecule has 1 aromatic rings. The van der Waals surface area contributed by atoms with E-state index in [2.05, 4.69) is 21.2 Å². The van der Waals surface area contributed by atoms with Crippen molar-refractivity contribution in [1.29, 1.82) is 0 Å². The zero-order valence-electron chi connectivity index (χ0n) is 9.69. The molecular weight excluding hydrogens is 318 g/mol. The van der Waals surface area contributed by atoms with E-state index in [-0.39, 0.29) is 17.7 Å². The van der Waals surface area contributed by atoms with Gasteiger partial charge in [-0.25, -0.2) is 0 Å². The maximum absolute atomic E-state index is 11.8. The molecule has 18 heavy (non-hydrogen) atoms. The van der Waals surface area contributed by atoms with E-state index in [1.54, 1.807) is 6.07 Å². The molecule has 2 N–H and O–H groups in total. The van der Waals surface area contributed by atoms with Gasteiger partial charge in [0.1, 0.15) is 0 Å². The highest BCUT2D eigenvalue weighted by Gasteiger charge is 2.32. The van der Waals surface area contributed by atoms with Gasteiger partial charge >= 0.3 is 5.97 Å². The van der Waals surface area contributed by atoms with Crippen LogP contribution in [0.3, 0.4) is 0 Å². The third kappa shape index (κ3) is 3.11. The molecule has 1 aromatic heterocycles. The van der Waals surface area contributed by atoms with E-state index in [0.29, 0.717) is 11.4 Å². The molecule has 1 saturated carbocycles. The number of hydrogen-bond acceptors (Lipinski definition) is 3. The third-order valence-electron chi connectivity index (χ3n) is 3.30. The lowest BCUT2D eigenvalue weighted by Crippen LogP contribution is -2.32. The van der Waals surface area contributed by atoms with Crippen LogP contribution in [-0.2, 0) is 4.79 Å². The zero-order valence-corrected chi connectivity index (χ0v) is 12.1. The molecule has 1 fully saturated rings. The smallest absolute Gasteiger partial charge is 0.306 e.